The smallest absolute Gasteiger partial charge is 0.00195 e. The molecule has 1 rings (SSSR count). The van der Waals surface area contributed by atoms with Gasteiger partial charge in [0.25, 0.3) is 0 Å². The van der Waals surface area contributed by atoms with Crippen LogP contribution in [0.2, 0.25) is 0 Å². The second-order valence-corrected chi connectivity index (χ2v) is 9.83. The Hall–Kier alpha value is 0.650. The molecule has 0 aromatic rings. The molecular weight excluding hydrogens is 183 g/mol. The van der Waals surface area contributed by atoms with Crippen LogP contribution in [0.5, 0.6) is 0 Å². The molecule has 72 valence electrons. The Balaban J connectivity index is 2.21. The lowest BCUT2D eigenvalue weighted by Crippen LogP contribution is -1.99. The summed E-state index contributed by atoms with van der Waals surface area (Å²) in [6.07, 6.45) is 11.1. The predicted octanol–water partition coefficient (Wildman–Crippen LogP) is 3.18. The average Bonchev–Trinajstić information content (AvgIpc) is 2.30. The summed E-state index contributed by atoms with van der Waals surface area (Å²) in [6.45, 7) is 3.90. The third-order valence-electron chi connectivity index (χ3n) is 2.66. The van der Waals surface area contributed by atoms with E-state index in [1.807, 2.05) is 0 Å². The molecule has 1 aliphatic carbocycles. The summed E-state index contributed by atoms with van der Waals surface area (Å²) in [5, 5.41) is 0.696. The number of thiol groups is 1. The van der Waals surface area contributed by atoms with E-state index in [2.05, 4.69) is 32.3 Å². The van der Waals surface area contributed by atoms with Crippen LogP contribution in [0.15, 0.2) is 0 Å². The first-order valence-corrected chi connectivity index (χ1v) is 8.40. The number of hydrogen-bond acceptors (Lipinski definition) is 1. The Labute approximate surface area is 82.5 Å². The molecule has 0 heterocycles. The maximum absolute atomic E-state index is 4.51. The molecule has 0 bridgehead atoms. The van der Waals surface area contributed by atoms with E-state index >= 15 is 0 Å². The van der Waals surface area contributed by atoms with Gasteiger partial charge >= 0.3 is 0 Å². The van der Waals surface area contributed by atoms with Crippen LogP contribution in [0.25, 0.3) is 0 Å². The molecule has 0 aliphatic heterocycles. The maximum atomic E-state index is 4.51. The summed E-state index contributed by atoms with van der Waals surface area (Å²) in [4.78, 5) is 0. The predicted molar refractivity (Wildman–Crippen MR) is 65.5 cm³/mol. The molecule has 0 radical (unpaired) electrons. The molecule has 0 aromatic carbocycles. The third kappa shape index (κ3) is 4.05. The van der Waals surface area contributed by atoms with Gasteiger partial charge in [-0.3, -0.25) is 0 Å². The van der Waals surface area contributed by atoms with Crippen molar-refractivity contribution in [3.63, 3.8) is 0 Å². The zero-order valence-corrected chi connectivity index (χ0v) is 10.1. The molecule has 1 fully saturated rings. The molecule has 0 spiro atoms. The van der Waals surface area contributed by atoms with E-state index in [1.54, 1.807) is 0 Å². The topological polar surface area (TPSA) is 0 Å². The molecule has 0 amide bonds. The summed E-state index contributed by atoms with van der Waals surface area (Å²) in [7, 11) is 0. The van der Waals surface area contributed by atoms with Crippen molar-refractivity contribution in [3.8, 4) is 0 Å². The summed E-state index contributed by atoms with van der Waals surface area (Å²) in [5.41, 5.74) is 0. The minimum atomic E-state index is -0.763. The van der Waals surface area contributed by atoms with Gasteiger partial charge in [-0.2, -0.15) is 12.6 Å². The first-order valence-electron chi connectivity index (χ1n) is 4.83. The van der Waals surface area contributed by atoms with Gasteiger partial charge in [0, 0.05) is 5.25 Å². The summed E-state index contributed by atoms with van der Waals surface area (Å²) in [5.74, 6) is 0.966. The van der Waals surface area contributed by atoms with E-state index in [0.717, 1.165) is 5.92 Å². The van der Waals surface area contributed by atoms with Crippen LogP contribution in [0, 0.1) is 5.92 Å². The van der Waals surface area contributed by atoms with Crippen molar-refractivity contribution in [2.75, 3.05) is 19.5 Å². The Morgan fingerprint density at radius 3 is 2.50 bits per heavy atom. The highest BCUT2D eigenvalue weighted by Gasteiger charge is 2.21. The fourth-order valence-corrected chi connectivity index (χ4v) is 3.35. The van der Waals surface area contributed by atoms with Gasteiger partial charge in [-0.15, -0.1) is 13.2 Å². The molecule has 0 saturated heterocycles. The van der Waals surface area contributed by atoms with Crippen LogP contribution in [0.3, 0.4) is 0 Å². The van der Waals surface area contributed by atoms with E-state index in [0.29, 0.717) is 5.25 Å². The summed E-state index contributed by atoms with van der Waals surface area (Å²) >= 11 is 4.51. The largest absolute Gasteiger partial charge is 0.176 e. The molecule has 0 aromatic heterocycles. The molecule has 2 atom stereocenters. The lowest BCUT2D eigenvalue weighted by atomic mass is 10.1. The highest BCUT2D eigenvalue weighted by atomic mass is 32.1. The molecule has 2 heteroatoms. The van der Waals surface area contributed by atoms with Gasteiger partial charge in [0.2, 0.25) is 0 Å². The van der Waals surface area contributed by atoms with Gasteiger partial charge in [0.1, 0.15) is 0 Å². The van der Waals surface area contributed by atoms with Crippen molar-refractivity contribution in [1.29, 1.82) is 0 Å². The standard InChI is InChI=1S/C10H21PS/c1-11(2,3)7-6-9-4-5-10(12)8-9/h9-10,12H,1,4-8H2,2-3H3. The van der Waals surface area contributed by atoms with Gasteiger partial charge in [-0.1, -0.05) is 0 Å². The van der Waals surface area contributed by atoms with Crippen molar-refractivity contribution in [1.82, 2.24) is 0 Å². The SMILES string of the molecule is C=P(C)(C)CCC1CCC(S)C1. The average molecular weight is 204 g/mol. The first-order chi connectivity index (χ1) is 5.47. The minimum absolute atomic E-state index is 0.696. The molecule has 12 heavy (non-hydrogen) atoms. The Bertz CT molecular complexity index is 182. The van der Waals surface area contributed by atoms with Gasteiger partial charge in [-0.25, -0.2) is 0 Å². The monoisotopic (exact) mass is 204 g/mol. The number of rotatable bonds is 3. The van der Waals surface area contributed by atoms with E-state index < -0.39 is 6.89 Å². The zero-order valence-electron chi connectivity index (χ0n) is 8.29. The lowest BCUT2D eigenvalue weighted by molar-refractivity contribution is 0.535. The van der Waals surface area contributed by atoms with E-state index in [9.17, 15) is 0 Å². The highest BCUT2D eigenvalue weighted by Crippen LogP contribution is 2.40. The van der Waals surface area contributed by atoms with Crippen LogP contribution in [0.4, 0.5) is 0 Å². The minimum Gasteiger partial charge on any atom is -0.176 e. The van der Waals surface area contributed by atoms with Gasteiger partial charge in [0.15, 0.2) is 0 Å². The van der Waals surface area contributed by atoms with Crippen LogP contribution in [-0.2, 0) is 0 Å². The van der Waals surface area contributed by atoms with Crippen molar-refractivity contribution in [2.24, 2.45) is 5.92 Å². The van der Waals surface area contributed by atoms with Crippen LogP contribution >= 0.6 is 19.5 Å². The quantitative estimate of drug-likeness (QED) is 0.530. The Morgan fingerprint density at radius 1 is 1.42 bits per heavy atom. The van der Waals surface area contributed by atoms with Crippen molar-refractivity contribution in [2.45, 2.75) is 30.9 Å². The van der Waals surface area contributed by atoms with E-state index in [1.165, 1.54) is 31.8 Å². The van der Waals surface area contributed by atoms with E-state index in [4.69, 9.17) is 0 Å². The number of hydrogen-bond donors (Lipinski definition) is 1. The molecule has 0 nitrogen and oxygen atoms in total. The fourth-order valence-electron chi connectivity index (χ4n) is 1.84. The summed E-state index contributed by atoms with van der Waals surface area (Å²) < 4.78 is 0. The maximum Gasteiger partial charge on any atom is 0.00195 e. The fraction of sp³-hybridized carbons (Fsp3) is 0.900. The molecule has 0 N–H and O–H groups in total. The van der Waals surface area contributed by atoms with Crippen molar-refractivity contribution >= 4 is 25.8 Å². The Morgan fingerprint density at radius 2 is 2.08 bits per heavy atom. The highest BCUT2D eigenvalue weighted by molar-refractivity contribution is 7.81. The first kappa shape index (κ1) is 10.7. The molecular formula is C10H21PS. The van der Waals surface area contributed by atoms with Crippen molar-refractivity contribution < 1.29 is 0 Å². The van der Waals surface area contributed by atoms with Crippen LogP contribution in [-0.4, -0.2) is 31.0 Å². The second kappa shape index (κ2) is 4.24. The second-order valence-electron chi connectivity index (χ2n) is 4.78. The lowest BCUT2D eigenvalue weighted by Gasteiger charge is -2.15. The molecule has 1 aliphatic rings. The van der Waals surface area contributed by atoms with E-state index in [-0.39, 0.29) is 0 Å². The Kier molecular flexibility index (Phi) is 3.79. The van der Waals surface area contributed by atoms with Crippen LogP contribution in [0.1, 0.15) is 25.7 Å². The molecule has 2 unspecified atom stereocenters. The summed E-state index contributed by atoms with van der Waals surface area (Å²) in [6, 6.07) is 0. The third-order valence-corrected chi connectivity index (χ3v) is 4.59. The van der Waals surface area contributed by atoms with Crippen molar-refractivity contribution in [3.05, 3.63) is 0 Å². The zero-order chi connectivity index (χ0) is 9.19. The van der Waals surface area contributed by atoms with Gasteiger partial charge < -0.3 is 0 Å². The van der Waals surface area contributed by atoms with Gasteiger partial charge in [0.05, 0.1) is 0 Å². The molecule has 1 saturated carbocycles. The van der Waals surface area contributed by atoms with Crippen LogP contribution < -0.4 is 0 Å². The van der Waals surface area contributed by atoms with Gasteiger partial charge in [-0.05, 0) is 51.1 Å². The normalized spacial score (nSPS) is 30.9.